The van der Waals surface area contributed by atoms with Crippen LogP contribution in [0.5, 0.6) is 0 Å². The minimum Gasteiger partial charge on any atom is -0.325 e. The number of benzene rings is 3. The van der Waals surface area contributed by atoms with E-state index in [0.29, 0.717) is 0 Å². The summed E-state index contributed by atoms with van der Waals surface area (Å²) in [5.74, 6) is 1.08. The summed E-state index contributed by atoms with van der Waals surface area (Å²) in [5.41, 5.74) is 12.1. The monoisotopic (exact) mass is 408 g/mol. The molecule has 0 saturated carbocycles. The predicted octanol–water partition coefficient (Wildman–Crippen LogP) is 6.94. The first-order chi connectivity index (χ1) is 14.8. The van der Waals surface area contributed by atoms with Crippen LogP contribution in [0.4, 0.5) is 11.4 Å². The van der Waals surface area contributed by atoms with E-state index in [4.69, 9.17) is 6.92 Å². The zero-order valence-corrected chi connectivity index (χ0v) is 19.6. The Morgan fingerprint density at radius 2 is 1.03 bits per heavy atom. The molecule has 3 aromatic carbocycles. The van der Waals surface area contributed by atoms with E-state index in [1.165, 1.54) is 44.8 Å². The zero-order chi connectivity index (χ0) is 22.3. The van der Waals surface area contributed by atoms with Crippen molar-refractivity contribution in [2.45, 2.75) is 41.5 Å². The Morgan fingerprint density at radius 1 is 0.645 bits per heavy atom. The highest BCUT2D eigenvalue weighted by molar-refractivity contribution is 5.84. The number of nitrogens with zero attached hydrogens (tertiary/aromatic N) is 2. The fraction of sp³-hybridized carbons (Fsp3) is 0.276. The summed E-state index contributed by atoms with van der Waals surface area (Å²) < 4.78 is 0. The molecule has 1 saturated heterocycles. The number of hydrogen-bond donors (Lipinski definition) is 0. The third kappa shape index (κ3) is 3.87. The van der Waals surface area contributed by atoms with Crippen LogP contribution in [0.3, 0.4) is 0 Å². The molecule has 4 rings (SSSR count). The van der Waals surface area contributed by atoms with Crippen LogP contribution in [0.25, 0.3) is 5.57 Å². The van der Waals surface area contributed by atoms with Crippen molar-refractivity contribution >= 4 is 16.9 Å². The average molecular weight is 409 g/mol. The van der Waals surface area contributed by atoms with Gasteiger partial charge in [0.1, 0.15) is 5.82 Å². The highest BCUT2D eigenvalue weighted by atomic mass is 15.4. The lowest BCUT2D eigenvalue weighted by Crippen LogP contribution is -2.26. The molecule has 0 aliphatic carbocycles. The largest absolute Gasteiger partial charge is 0.325 e. The first-order valence-electron chi connectivity index (χ1n) is 11.0. The molecule has 158 valence electrons. The Balaban J connectivity index is 1.95. The second-order valence-corrected chi connectivity index (χ2v) is 8.90. The molecule has 0 atom stereocenters. The van der Waals surface area contributed by atoms with Gasteiger partial charge in [0.15, 0.2) is 0 Å². The topological polar surface area (TPSA) is 6.48 Å². The van der Waals surface area contributed by atoms with E-state index in [2.05, 4.69) is 99.9 Å². The maximum atomic E-state index is 6.91. The Hall–Kier alpha value is -3.00. The summed E-state index contributed by atoms with van der Waals surface area (Å²) >= 11 is 0. The number of aryl methyl sites for hydroxylation is 6. The van der Waals surface area contributed by atoms with Crippen LogP contribution in [0.15, 0.2) is 60.4 Å². The molecule has 1 aliphatic heterocycles. The van der Waals surface area contributed by atoms with Crippen molar-refractivity contribution in [3.8, 4) is 0 Å². The normalized spacial score (nSPS) is 13.8. The van der Waals surface area contributed by atoms with Gasteiger partial charge in [-0.1, -0.05) is 65.7 Å². The summed E-state index contributed by atoms with van der Waals surface area (Å²) in [5, 5.41) is 0. The summed E-state index contributed by atoms with van der Waals surface area (Å²) in [6, 6.07) is 19.4. The molecule has 0 aromatic heterocycles. The maximum absolute atomic E-state index is 6.91. The lowest BCUT2D eigenvalue weighted by Gasteiger charge is -2.31. The van der Waals surface area contributed by atoms with Gasteiger partial charge >= 0.3 is 0 Å². The lowest BCUT2D eigenvalue weighted by molar-refractivity contribution is 1.01. The van der Waals surface area contributed by atoms with Crippen molar-refractivity contribution in [3.05, 3.63) is 106 Å². The van der Waals surface area contributed by atoms with E-state index in [9.17, 15) is 0 Å². The van der Waals surface area contributed by atoms with Crippen LogP contribution >= 0.6 is 0 Å². The molecule has 2 heteroatoms. The molecule has 3 aromatic rings. The molecule has 2 nitrogen and oxygen atoms in total. The van der Waals surface area contributed by atoms with E-state index in [1.54, 1.807) is 0 Å². The third-order valence-corrected chi connectivity index (χ3v) is 6.19. The summed E-state index contributed by atoms with van der Waals surface area (Å²) in [6.07, 6.45) is 0. The van der Waals surface area contributed by atoms with Crippen molar-refractivity contribution in [1.82, 2.24) is 0 Å². The minimum absolute atomic E-state index is 0.817. The molecule has 0 N–H and O–H groups in total. The molecule has 1 aliphatic rings. The highest BCUT2D eigenvalue weighted by Crippen LogP contribution is 2.40. The fourth-order valence-corrected chi connectivity index (χ4v) is 5.23. The quantitative estimate of drug-likeness (QED) is 0.463. The van der Waals surface area contributed by atoms with Crippen LogP contribution in [0.1, 0.15) is 38.9 Å². The molecular formula is C29H32N2. The molecular weight excluding hydrogens is 376 g/mol. The van der Waals surface area contributed by atoms with Gasteiger partial charge < -0.3 is 9.80 Å². The van der Waals surface area contributed by atoms with E-state index in [0.717, 1.165) is 30.0 Å². The van der Waals surface area contributed by atoms with E-state index < -0.39 is 0 Å². The van der Waals surface area contributed by atoms with Gasteiger partial charge in [-0.05, 0) is 69.4 Å². The molecule has 0 amide bonds. The standard InChI is InChI=1S/C29H32N2/c1-19-15-21(3)27(22(4)16-19)30-13-14-31(28-23(5)17-20(2)18-24(28)6)29(30)25(7)26-11-9-8-10-12-26/h7-12,15-18H,13-14H2,1-6H3. The number of allylic oxidation sites excluding steroid dienone is 1. The smallest absolute Gasteiger partial charge is 0.117 e. The summed E-state index contributed by atoms with van der Waals surface area (Å²) in [4.78, 5) is 4.84. The molecule has 0 unspecified atom stereocenters. The molecule has 1 fully saturated rings. The Bertz CT molecular complexity index is 1040. The van der Waals surface area contributed by atoms with Crippen molar-refractivity contribution in [3.63, 3.8) is 0 Å². The lowest BCUT2D eigenvalue weighted by atomic mass is 10.0. The van der Waals surface area contributed by atoms with Crippen molar-refractivity contribution in [2.75, 3.05) is 22.9 Å². The van der Waals surface area contributed by atoms with Crippen LogP contribution in [0, 0.1) is 48.5 Å². The van der Waals surface area contributed by atoms with Crippen LogP contribution in [-0.2, 0) is 0 Å². The fourth-order valence-electron chi connectivity index (χ4n) is 5.23. The van der Waals surface area contributed by atoms with Gasteiger partial charge in [0, 0.05) is 37.0 Å². The maximum Gasteiger partial charge on any atom is 0.117 e. The first kappa shape index (κ1) is 21.2. The number of anilines is 2. The van der Waals surface area contributed by atoms with E-state index in [-0.39, 0.29) is 0 Å². The Labute approximate surface area is 187 Å². The van der Waals surface area contributed by atoms with Gasteiger partial charge in [-0.15, -0.1) is 0 Å². The van der Waals surface area contributed by atoms with Crippen molar-refractivity contribution in [2.24, 2.45) is 0 Å². The summed E-state index contributed by atoms with van der Waals surface area (Å²) in [6.45, 7) is 21.9. The van der Waals surface area contributed by atoms with E-state index >= 15 is 0 Å². The van der Waals surface area contributed by atoms with Gasteiger partial charge in [0.05, 0.1) is 0 Å². The average Bonchev–Trinajstić information content (AvgIpc) is 3.10. The van der Waals surface area contributed by atoms with Gasteiger partial charge in [-0.3, -0.25) is 0 Å². The number of rotatable bonds is 3. The van der Waals surface area contributed by atoms with Gasteiger partial charge in [-0.2, -0.15) is 0 Å². The first-order valence-corrected chi connectivity index (χ1v) is 11.0. The van der Waals surface area contributed by atoms with Crippen LogP contribution in [0.2, 0.25) is 0 Å². The summed E-state index contributed by atoms with van der Waals surface area (Å²) in [7, 11) is 0. The minimum atomic E-state index is 0.817. The van der Waals surface area contributed by atoms with E-state index in [1.807, 2.05) is 6.07 Å². The Morgan fingerprint density at radius 3 is 1.42 bits per heavy atom. The van der Waals surface area contributed by atoms with Crippen LogP contribution < -0.4 is 9.80 Å². The molecule has 31 heavy (non-hydrogen) atoms. The predicted molar refractivity (Wildman–Crippen MR) is 134 cm³/mol. The Kier molecular flexibility index (Phi) is 5.66. The van der Waals surface area contributed by atoms with Crippen LogP contribution in [-0.4, -0.2) is 13.1 Å². The second-order valence-electron chi connectivity index (χ2n) is 8.90. The highest BCUT2D eigenvalue weighted by Gasteiger charge is 2.32. The van der Waals surface area contributed by atoms with Gasteiger partial charge in [0.25, 0.3) is 0 Å². The molecule has 1 heterocycles. The molecule has 0 spiro atoms. The molecule has 0 bridgehead atoms. The zero-order valence-electron chi connectivity index (χ0n) is 19.6. The SMILES string of the molecule is [CH]C(=C1N(c2c(C)cc(C)cc2C)CCN1c1c(C)cc(C)cc1C)c1ccccc1. The second kappa shape index (κ2) is 8.26. The van der Waals surface area contributed by atoms with Crippen molar-refractivity contribution in [1.29, 1.82) is 0 Å². The molecule has 2 radical (unpaired) electrons. The third-order valence-electron chi connectivity index (χ3n) is 6.19. The van der Waals surface area contributed by atoms with Crippen molar-refractivity contribution < 1.29 is 0 Å². The van der Waals surface area contributed by atoms with Gasteiger partial charge in [-0.25, -0.2) is 0 Å². The van der Waals surface area contributed by atoms with Gasteiger partial charge in [0.2, 0.25) is 0 Å². The number of hydrogen-bond acceptors (Lipinski definition) is 2.